The molecule has 4 heteroatoms. The van der Waals surface area contributed by atoms with Gasteiger partial charge in [0.1, 0.15) is 12.4 Å². The Morgan fingerprint density at radius 3 is 2.33 bits per heavy atom. The molecule has 2 aromatic carbocycles. The summed E-state index contributed by atoms with van der Waals surface area (Å²) in [5.41, 5.74) is 8.89. The topological polar surface area (TPSA) is 35.2 Å². The van der Waals surface area contributed by atoms with Gasteiger partial charge in [0.25, 0.3) is 0 Å². The van der Waals surface area contributed by atoms with Crippen molar-refractivity contribution in [1.29, 1.82) is 0 Å². The summed E-state index contributed by atoms with van der Waals surface area (Å²) in [5, 5.41) is 1.23. The average molecular weight is 324 g/mol. The Bertz CT molecular complexity index is 606. The van der Waals surface area contributed by atoms with Gasteiger partial charge in [-0.05, 0) is 43.5 Å². The fourth-order valence-corrected chi connectivity index (χ4v) is 2.75. The Kier molecular flexibility index (Phi) is 5.51. The van der Waals surface area contributed by atoms with Crippen LogP contribution in [0.1, 0.15) is 23.6 Å². The molecule has 0 amide bonds. The molecule has 0 saturated heterocycles. The molecule has 2 rings (SSSR count). The van der Waals surface area contributed by atoms with E-state index in [1.54, 1.807) is 0 Å². The molecule has 1 unspecified atom stereocenters. The molecular weight excluding hydrogens is 305 g/mol. The van der Waals surface area contributed by atoms with Gasteiger partial charge in [0.15, 0.2) is 0 Å². The predicted octanol–water partition coefficient (Wildman–Crippen LogP) is 4.77. The van der Waals surface area contributed by atoms with Crippen LogP contribution in [0.5, 0.6) is 5.75 Å². The molecule has 2 nitrogen and oxygen atoms in total. The number of hydrogen-bond donors (Lipinski definition) is 1. The van der Waals surface area contributed by atoms with Crippen LogP contribution in [0.2, 0.25) is 10.0 Å². The molecule has 0 spiro atoms. The Labute approximate surface area is 135 Å². The van der Waals surface area contributed by atoms with Crippen molar-refractivity contribution in [2.24, 2.45) is 5.73 Å². The molecule has 21 heavy (non-hydrogen) atoms. The molecule has 0 fully saturated rings. The number of nitrogens with two attached hydrogens (primary N) is 1. The normalized spacial score (nSPS) is 12.2. The Balaban J connectivity index is 2.24. The number of ether oxygens (including phenoxy) is 1. The van der Waals surface area contributed by atoms with Crippen molar-refractivity contribution in [3.05, 3.63) is 63.1 Å². The van der Waals surface area contributed by atoms with Crippen LogP contribution in [0.15, 0.2) is 36.4 Å². The lowest BCUT2D eigenvalue weighted by molar-refractivity contribution is 0.300. The van der Waals surface area contributed by atoms with Gasteiger partial charge in [0.2, 0.25) is 0 Å². The van der Waals surface area contributed by atoms with Crippen LogP contribution in [0, 0.1) is 6.92 Å². The van der Waals surface area contributed by atoms with Crippen molar-refractivity contribution in [3.63, 3.8) is 0 Å². The van der Waals surface area contributed by atoms with Gasteiger partial charge in [-0.1, -0.05) is 47.5 Å². The summed E-state index contributed by atoms with van der Waals surface area (Å²) in [7, 11) is 0. The second kappa shape index (κ2) is 7.17. The van der Waals surface area contributed by atoms with Gasteiger partial charge in [0.05, 0.1) is 0 Å². The summed E-state index contributed by atoms with van der Waals surface area (Å²) in [4.78, 5) is 0. The number of halogens is 2. The molecule has 0 aliphatic heterocycles. The van der Waals surface area contributed by atoms with E-state index in [0.717, 1.165) is 28.9 Å². The van der Waals surface area contributed by atoms with E-state index in [4.69, 9.17) is 33.7 Å². The molecule has 0 bridgehead atoms. The summed E-state index contributed by atoms with van der Waals surface area (Å²) in [6.07, 6.45) is 0.771. The largest absolute Gasteiger partial charge is 0.488 e. The fraction of sp³-hybridized carbons (Fsp3) is 0.294. The summed E-state index contributed by atoms with van der Waals surface area (Å²) in [6.45, 7) is 4.35. The number of para-hydroxylation sites is 1. The highest BCUT2D eigenvalue weighted by Gasteiger charge is 2.11. The van der Waals surface area contributed by atoms with Crippen LogP contribution < -0.4 is 10.5 Å². The number of aryl methyl sites for hydroxylation is 1. The third kappa shape index (κ3) is 4.13. The van der Waals surface area contributed by atoms with E-state index in [1.807, 2.05) is 50.2 Å². The molecule has 2 aromatic rings. The second-order valence-corrected chi connectivity index (χ2v) is 6.05. The molecule has 112 valence electrons. The Morgan fingerprint density at radius 1 is 1.10 bits per heavy atom. The zero-order valence-corrected chi connectivity index (χ0v) is 13.7. The summed E-state index contributed by atoms with van der Waals surface area (Å²) >= 11 is 12.4. The van der Waals surface area contributed by atoms with E-state index >= 15 is 0 Å². The van der Waals surface area contributed by atoms with Crippen LogP contribution >= 0.6 is 23.2 Å². The SMILES string of the molecule is Cc1cccc(CC(C)N)c1OCc1c(Cl)cccc1Cl. The van der Waals surface area contributed by atoms with Crippen LogP contribution in [0.3, 0.4) is 0 Å². The van der Waals surface area contributed by atoms with Crippen LogP contribution in [-0.4, -0.2) is 6.04 Å². The first-order valence-electron chi connectivity index (χ1n) is 6.88. The third-order valence-electron chi connectivity index (χ3n) is 3.26. The van der Waals surface area contributed by atoms with Gasteiger partial charge in [-0.2, -0.15) is 0 Å². The minimum atomic E-state index is 0.0815. The first kappa shape index (κ1) is 16.2. The van der Waals surface area contributed by atoms with E-state index in [-0.39, 0.29) is 6.04 Å². The maximum Gasteiger partial charge on any atom is 0.125 e. The van der Waals surface area contributed by atoms with E-state index in [2.05, 4.69) is 0 Å². The fourth-order valence-electron chi connectivity index (χ4n) is 2.24. The molecule has 0 aliphatic rings. The standard InChI is InChI=1S/C17H19Cl2NO/c1-11-5-3-6-13(9-12(2)20)17(11)21-10-14-15(18)7-4-8-16(14)19/h3-8,12H,9-10,20H2,1-2H3. The highest BCUT2D eigenvalue weighted by atomic mass is 35.5. The van der Waals surface area contributed by atoms with Gasteiger partial charge in [0, 0.05) is 21.7 Å². The first-order chi connectivity index (χ1) is 9.99. The highest BCUT2D eigenvalue weighted by Crippen LogP contribution is 2.29. The van der Waals surface area contributed by atoms with Crippen molar-refractivity contribution in [3.8, 4) is 5.75 Å². The second-order valence-electron chi connectivity index (χ2n) is 5.23. The molecule has 0 aliphatic carbocycles. The third-order valence-corrected chi connectivity index (χ3v) is 3.97. The Hall–Kier alpha value is -1.22. The minimum absolute atomic E-state index is 0.0815. The lowest BCUT2D eigenvalue weighted by Crippen LogP contribution is -2.18. The molecule has 1 atom stereocenters. The smallest absolute Gasteiger partial charge is 0.125 e. The van der Waals surface area contributed by atoms with Crippen molar-refractivity contribution in [2.75, 3.05) is 0 Å². The van der Waals surface area contributed by atoms with E-state index in [1.165, 1.54) is 0 Å². The lowest BCUT2D eigenvalue weighted by Gasteiger charge is -2.16. The van der Waals surface area contributed by atoms with E-state index < -0.39 is 0 Å². The zero-order chi connectivity index (χ0) is 15.4. The van der Waals surface area contributed by atoms with Crippen LogP contribution in [-0.2, 0) is 13.0 Å². The van der Waals surface area contributed by atoms with Crippen molar-refractivity contribution in [2.45, 2.75) is 32.9 Å². The zero-order valence-electron chi connectivity index (χ0n) is 12.2. The van der Waals surface area contributed by atoms with Crippen molar-refractivity contribution < 1.29 is 4.74 Å². The molecule has 0 saturated carbocycles. The van der Waals surface area contributed by atoms with Crippen LogP contribution in [0.4, 0.5) is 0 Å². The molecule has 0 heterocycles. The summed E-state index contributed by atoms with van der Waals surface area (Å²) in [5.74, 6) is 0.866. The number of hydrogen-bond acceptors (Lipinski definition) is 2. The van der Waals surface area contributed by atoms with E-state index in [0.29, 0.717) is 16.7 Å². The number of rotatable bonds is 5. The molecular formula is C17H19Cl2NO. The van der Waals surface area contributed by atoms with E-state index in [9.17, 15) is 0 Å². The summed E-state index contributed by atoms with van der Waals surface area (Å²) < 4.78 is 5.99. The minimum Gasteiger partial charge on any atom is -0.488 e. The van der Waals surface area contributed by atoms with Gasteiger partial charge in [-0.15, -0.1) is 0 Å². The Morgan fingerprint density at radius 2 is 1.71 bits per heavy atom. The summed E-state index contributed by atoms with van der Waals surface area (Å²) in [6, 6.07) is 11.6. The molecule has 2 N–H and O–H groups in total. The maximum absolute atomic E-state index is 6.18. The lowest BCUT2D eigenvalue weighted by atomic mass is 10.0. The van der Waals surface area contributed by atoms with Crippen molar-refractivity contribution >= 4 is 23.2 Å². The van der Waals surface area contributed by atoms with Crippen LogP contribution in [0.25, 0.3) is 0 Å². The van der Waals surface area contributed by atoms with Crippen molar-refractivity contribution in [1.82, 2.24) is 0 Å². The maximum atomic E-state index is 6.18. The molecule has 0 aromatic heterocycles. The van der Waals surface area contributed by atoms with Gasteiger partial charge < -0.3 is 10.5 Å². The first-order valence-corrected chi connectivity index (χ1v) is 7.64. The van der Waals surface area contributed by atoms with Gasteiger partial charge in [-0.25, -0.2) is 0 Å². The highest BCUT2D eigenvalue weighted by molar-refractivity contribution is 6.35. The van der Waals surface area contributed by atoms with Gasteiger partial charge >= 0.3 is 0 Å². The average Bonchev–Trinajstić information content (AvgIpc) is 2.40. The predicted molar refractivity (Wildman–Crippen MR) is 89.3 cm³/mol. The quantitative estimate of drug-likeness (QED) is 0.860. The number of benzene rings is 2. The van der Waals surface area contributed by atoms with Gasteiger partial charge in [-0.3, -0.25) is 0 Å². The monoisotopic (exact) mass is 323 g/mol. The molecule has 0 radical (unpaired) electrons.